The highest BCUT2D eigenvalue weighted by Gasteiger charge is 2.16. The molecule has 0 fully saturated rings. The smallest absolute Gasteiger partial charge is 0.269 e. The molecule has 0 saturated heterocycles. The van der Waals surface area contributed by atoms with Crippen molar-refractivity contribution < 1.29 is 9.72 Å². The first-order valence-electron chi connectivity index (χ1n) is 6.86. The van der Waals surface area contributed by atoms with E-state index in [1.54, 1.807) is 25.3 Å². The van der Waals surface area contributed by atoms with E-state index in [0.717, 1.165) is 0 Å². The summed E-state index contributed by atoms with van der Waals surface area (Å²) in [5, 5.41) is 22.2. The summed E-state index contributed by atoms with van der Waals surface area (Å²) in [4.78, 5) is 26.7. The van der Waals surface area contributed by atoms with Gasteiger partial charge < -0.3 is 0 Å². The van der Waals surface area contributed by atoms with Crippen LogP contribution in [0.25, 0.3) is 10.7 Å². The normalized spacial score (nSPS) is 10.4. The Morgan fingerprint density at radius 2 is 2.08 bits per heavy atom. The summed E-state index contributed by atoms with van der Waals surface area (Å²) in [6, 6.07) is 9.50. The van der Waals surface area contributed by atoms with Crippen LogP contribution in [0.5, 0.6) is 0 Å². The molecule has 8 nitrogen and oxygen atoms in total. The van der Waals surface area contributed by atoms with Gasteiger partial charge in [-0.1, -0.05) is 17.4 Å². The SMILES string of the molecule is Cc1cc([N+](=O)[O-])ccc1C(=O)Nc1nnc(-c2ccccn2)s1. The monoisotopic (exact) mass is 341 g/mol. The summed E-state index contributed by atoms with van der Waals surface area (Å²) < 4.78 is 0. The lowest BCUT2D eigenvalue weighted by molar-refractivity contribution is -0.384. The minimum atomic E-state index is -0.501. The number of benzene rings is 1. The van der Waals surface area contributed by atoms with E-state index in [2.05, 4.69) is 20.5 Å². The minimum Gasteiger partial charge on any atom is -0.296 e. The molecule has 24 heavy (non-hydrogen) atoms. The van der Waals surface area contributed by atoms with Crippen LogP contribution in [-0.2, 0) is 0 Å². The second-order valence-corrected chi connectivity index (χ2v) is 5.82. The van der Waals surface area contributed by atoms with Crippen LogP contribution >= 0.6 is 11.3 Å². The van der Waals surface area contributed by atoms with E-state index in [4.69, 9.17) is 0 Å². The molecular formula is C15H11N5O3S. The first-order valence-corrected chi connectivity index (χ1v) is 7.67. The molecule has 9 heteroatoms. The van der Waals surface area contributed by atoms with E-state index in [-0.39, 0.29) is 5.69 Å². The van der Waals surface area contributed by atoms with Gasteiger partial charge in [0.1, 0.15) is 5.69 Å². The van der Waals surface area contributed by atoms with Crippen molar-refractivity contribution >= 4 is 28.1 Å². The zero-order valence-electron chi connectivity index (χ0n) is 12.5. The molecule has 2 heterocycles. The van der Waals surface area contributed by atoms with Crippen LogP contribution in [0.15, 0.2) is 42.6 Å². The van der Waals surface area contributed by atoms with Gasteiger partial charge in [-0.2, -0.15) is 0 Å². The van der Waals surface area contributed by atoms with Crippen molar-refractivity contribution in [2.75, 3.05) is 5.32 Å². The molecule has 0 aliphatic heterocycles. The van der Waals surface area contributed by atoms with Gasteiger partial charge in [-0.25, -0.2) is 0 Å². The molecule has 2 aromatic heterocycles. The predicted molar refractivity (Wildman–Crippen MR) is 88.9 cm³/mol. The molecule has 0 spiro atoms. The molecule has 3 rings (SSSR count). The molecule has 1 N–H and O–H groups in total. The first-order chi connectivity index (χ1) is 11.5. The van der Waals surface area contributed by atoms with Crippen LogP contribution < -0.4 is 5.32 Å². The zero-order chi connectivity index (χ0) is 17.1. The van der Waals surface area contributed by atoms with Gasteiger partial charge in [0.25, 0.3) is 11.6 Å². The van der Waals surface area contributed by atoms with Crippen LogP contribution in [0, 0.1) is 17.0 Å². The average molecular weight is 341 g/mol. The third-order valence-corrected chi connectivity index (χ3v) is 4.06. The van der Waals surface area contributed by atoms with E-state index >= 15 is 0 Å². The number of nitrogens with zero attached hydrogens (tertiary/aromatic N) is 4. The number of rotatable bonds is 4. The molecule has 0 unspecified atom stereocenters. The van der Waals surface area contributed by atoms with Crippen molar-refractivity contribution in [3.63, 3.8) is 0 Å². The topological polar surface area (TPSA) is 111 Å². The summed E-state index contributed by atoms with van der Waals surface area (Å²) in [6.07, 6.45) is 1.65. The summed E-state index contributed by atoms with van der Waals surface area (Å²) in [6.45, 7) is 1.64. The Hall–Kier alpha value is -3.20. The zero-order valence-corrected chi connectivity index (χ0v) is 13.3. The fraction of sp³-hybridized carbons (Fsp3) is 0.0667. The number of carbonyl (C=O) groups is 1. The van der Waals surface area contributed by atoms with Crippen molar-refractivity contribution in [2.45, 2.75) is 6.92 Å². The van der Waals surface area contributed by atoms with Gasteiger partial charge in [0, 0.05) is 23.9 Å². The third kappa shape index (κ3) is 3.25. The summed E-state index contributed by atoms with van der Waals surface area (Å²) in [5.41, 5.74) is 1.46. The van der Waals surface area contributed by atoms with Crippen molar-refractivity contribution in [3.8, 4) is 10.7 Å². The van der Waals surface area contributed by atoms with Gasteiger partial charge in [-0.3, -0.25) is 25.2 Å². The molecule has 1 aromatic carbocycles. The average Bonchev–Trinajstić information content (AvgIpc) is 3.03. The highest BCUT2D eigenvalue weighted by Crippen LogP contribution is 2.25. The summed E-state index contributed by atoms with van der Waals surface area (Å²) in [7, 11) is 0. The number of hydrogen-bond acceptors (Lipinski definition) is 7. The lowest BCUT2D eigenvalue weighted by Crippen LogP contribution is -2.13. The number of pyridine rings is 1. The highest BCUT2D eigenvalue weighted by molar-refractivity contribution is 7.18. The number of nitrogens with one attached hydrogen (secondary N) is 1. The number of carbonyl (C=O) groups excluding carboxylic acids is 1. The molecule has 0 aliphatic rings. The Morgan fingerprint density at radius 1 is 1.25 bits per heavy atom. The van der Waals surface area contributed by atoms with Gasteiger partial charge in [0.2, 0.25) is 5.13 Å². The lowest BCUT2D eigenvalue weighted by atomic mass is 10.1. The van der Waals surface area contributed by atoms with Crippen molar-refractivity contribution in [3.05, 3.63) is 63.8 Å². The lowest BCUT2D eigenvalue weighted by Gasteiger charge is -2.04. The van der Waals surface area contributed by atoms with Crippen molar-refractivity contribution in [1.29, 1.82) is 0 Å². The first kappa shape index (κ1) is 15.7. The van der Waals surface area contributed by atoms with Gasteiger partial charge in [0.15, 0.2) is 5.01 Å². The van der Waals surface area contributed by atoms with Gasteiger partial charge in [-0.05, 0) is 30.7 Å². The highest BCUT2D eigenvalue weighted by atomic mass is 32.1. The Labute approximate surface area is 140 Å². The van der Waals surface area contributed by atoms with Crippen molar-refractivity contribution in [1.82, 2.24) is 15.2 Å². The van der Waals surface area contributed by atoms with Crippen LogP contribution in [0.1, 0.15) is 15.9 Å². The van der Waals surface area contributed by atoms with Gasteiger partial charge in [-0.15, -0.1) is 10.2 Å². The Balaban J connectivity index is 1.78. The van der Waals surface area contributed by atoms with E-state index in [1.807, 2.05) is 6.07 Å². The molecule has 0 radical (unpaired) electrons. The molecule has 0 aliphatic carbocycles. The Morgan fingerprint density at radius 3 is 2.75 bits per heavy atom. The minimum absolute atomic E-state index is 0.0580. The Bertz CT molecular complexity index is 910. The molecule has 0 atom stereocenters. The quantitative estimate of drug-likeness (QED) is 0.576. The van der Waals surface area contributed by atoms with E-state index < -0.39 is 10.8 Å². The maximum absolute atomic E-state index is 12.3. The number of hydrogen-bond donors (Lipinski definition) is 1. The number of aromatic nitrogens is 3. The second kappa shape index (κ2) is 6.50. The number of anilines is 1. The van der Waals surface area contributed by atoms with E-state index in [1.165, 1.54) is 29.5 Å². The largest absolute Gasteiger partial charge is 0.296 e. The maximum atomic E-state index is 12.3. The summed E-state index contributed by atoms with van der Waals surface area (Å²) >= 11 is 1.20. The van der Waals surface area contributed by atoms with Crippen LogP contribution in [0.4, 0.5) is 10.8 Å². The number of aryl methyl sites for hydroxylation is 1. The molecular weight excluding hydrogens is 330 g/mol. The number of nitro groups is 1. The second-order valence-electron chi connectivity index (χ2n) is 4.84. The fourth-order valence-electron chi connectivity index (χ4n) is 2.05. The summed E-state index contributed by atoms with van der Waals surface area (Å²) in [5.74, 6) is -0.397. The van der Waals surface area contributed by atoms with Crippen molar-refractivity contribution in [2.24, 2.45) is 0 Å². The Kier molecular flexibility index (Phi) is 4.25. The van der Waals surface area contributed by atoms with Gasteiger partial charge in [0.05, 0.1) is 4.92 Å². The van der Waals surface area contributed by atoms with E-state index in [9.17, 15) is 14.9 Å². The molecule has 0 bridgehead atoms. The van der Waals surface area contributed by atoms with Crippen LogP contribution in [0.3, 0.4) is 0 Å². The number of non-ortho nitro benzene ring substituents is 1. The molecule has 0 saturated carbocycles. The van der Waals surface area contributed by atoms with Crippen LogP contribution in [-0.4, -0.2) is 26.0 Å². The fourth-order valence-corrected chi connectivity index (χ4v) is 2.76. The van der Waals surface area contributed by atoms with Crippen LogP contribution in [0.2, 0.25) is 0 Å². The standard InChI is InChI=1S/C15H11N5O3S/c1-9-8-10(20(22)23)5-6-11(9)13(21)17-15-19-18-14(24-15)12-4-2-3-7-16-12/h2-8H,1H3,(H,17,19,21). The van der Waals surface area contributed by atoms with E-state index in [0.29, 0.717) is 27.0 Å². The number of amides is 1. The number of nitro benzene ring substituents is 1. The maximum Gasteiger partial charge on any atom is 0.269 e. The molecule has 3 aromatic rings. The molecule has 1 amide bonds. The molecule has 120 valence electrons. The van der Waals surface area contributed by atoms with Gasteiger partial charge >= 0.3 is 0 Å². The predicted octanol–water partition coefficient (Wildman–Crippen LogP) is 3.07. The third-order valence-electron chi connectivity index (χ3n) is 3.19.